The Bertz CT molecular complexity index is 1190. The third-order valence-electron chi connectivity index (χ3n) is 6.19. The van der Waals surface area contributed by atoms with Crippen LogP contribution in [0.25, 0.3) is 4.96 Å². The van der Waals surface area contributed by atoms with Gasteiger partial charge in [0.2, 0.25) is 10.1 Å². The third kappa shape index (κ3) is 3.94. The second-order valence-corrected chi connectivity index (χ2v) is 9.44. The summed E-state index contributed by atoms with van der Waals surface area (Å²) in [6.45, 7) is 6.24. The summed E-state index contributed by atoms with van der Waals surface area (Å²) in [5.41, 5.74) is 0.541. The average molecular weight is 457 g/mol. The fraction of sp³-hybridized carbons (Fsp3) is 0.455. The lowest BCUT2D eigenvalue weighted by Crippen LogP contribution is -2.49. The van der Waals surface area contributed by atoms with Gasteiger partial charge in [0.15, 0.2) is 0 Å². The maximum Gasteiger partial charge on any atom is 0.288 e. The minimum absolute atomic E-state index is 0.0431. The number of hydrogen-bond donors (Lipinski definition) is 0. The quantitative estimate of drug-likeness (QED) is 0.603. The molecule has 0 N–H and O–H groups in total. The van der Waals surface area contributed by atoms with Gasteiger partial charge in [-0.1, -0.05) is 18.3 Å². The van der Waals surface area contributed by atoms with Crippen LogP contribution in [-0.4, -0.2) is 64.7 Å². The number of piperazine rings is 1. The molecule has 5 rings (SSSR count). The molecule has 0 spiro atoms. The maximum absolute atomic E-state index is 13.2. The van der Waals surface area contributed by atoms with E-state index in [1.54, 1.807) is 17.0 Å². The molecule has 168 valence electrons. The van der Waals surface area contributed by atoms with Crippen molar-refractivity contribution in [2.45, 2.75) is 19.8 Å². The molecular formula is C22H25FN6O2S. The Kier molecular flexibility index (Phi) is 5.54. The van der Waals surface area contributed by atoms with Crippen molar-refractivity contribution in [1.29, 1.82) is 0 Å². The third-order valence-corrected chi connectivity index (χ3v) is 7.18. The molecule has 3 aromatic rings. The van der Waals surface area contributed by atoms with E-state index in [2.05, 4.69) is 26.8 Å². The predicted octanol–water partition coefficient (Wildman–Crippen LogP) is 2.49. The highest BCUT2D eigenvalue weighted by atomic mass is 32.1. The van der Waals surface area contributed by atoms with Gasteiger partial charge in [0, 0.05) is 51.2 Å². The van der Waals surface area contributed by atoms with Crippen molar-refractivity contribution in [3.05, 3.63) is 52.2 Å². The fourth-order valence-electron chi connectivity index (χ4n) is 4.40. The lowest BCUT2D eigenvalue weighted by molar-refractivity contribution is 0.0744. The Labute approximate surface area is 188 Å². The van der Waals surface area contributed by atoms with Gasteiger partial charge >= 0.3 is 0 Å². The second kappa shape index (κ2) is 8.50. The summed E-state index contributed by atoms with van der Waals surface area (Å²) in [5.74, 6) is -0.00566. The summed E-state index contributed by atoms with van der Waals surface area (Å²) in [5, 5.41) is 5.27. The van der Waals surface area contributed by atoms with E-state index >= 15 is 0 Å². The molecule has 2 aromatic heterocycles. The fourth-order valence-corrected chi connectivity index (χ4v) is 5.30. The number of fused-ring (bicyclic) bond motifs is 1. The molecule has 4 heterocycles. The van der Waals surface area contributed by atoms with Gasteiger partial charge in [-0.05, 0) is 43.0 Å². The number of rotatable bonds is 3. The Morgan fingerprint density at radius 1 is 1.09 bits per heavy atom. The van der Waals surface area contributed by atoms with Gasteiger partial charge in [0.1, 0.15) is 11.4 Å². The molecule has 0 unspecified atom stereocenters. The number of nitrogens with zero attached hydrogens (tertiary/aromatic N) is 6. The number of anilines is 2. The summed E-state index contributed by atoms with van der Waals surface area (Å²) in [7, 11) is 0. The average Bonchev–Trinajstić information content (AvgIpc) is 3.25. The number of piperidine rings is 1. The molecule has 0 aliphatic carbocycles. The lowest BCUT2D eigenvalue weighted by atomic mass is 10.0. The molecule has 1 aromatic carbocycles. The molecule has 32 heavy (non-hydrogen) atoms. The molecule has 10 heteroatoms. The van der Waals surface area contributed by atoms with Crippen molar-refractivity contribution >= 4 is 33.0 Å². The molecule has 2 aliphatic heterocycles. The summed E-state index contributed by atoms with van der Waals surface area (Å²) in [4.78, 5) is 37.0. The van der Waals surface area contributed by atoms with Crippen molar-refractivity contribution in [2.75, 3.05) is 49.1 Å². The van der Waals surface area contributed by atoms with Crippen LogP contribution in [0.2, 0.25) is 0 Å². The number of carbonyl (C=O) groups is 1. The number of aromatic nitrogens is 3. The predicted molar refractivity (Wildman–Crippen MR) is 122 cm³/mol. The van der Waals surface area contributed by atoms with Gasteiger partial charge < -0.3 is 14.7 Å². The monoisotopic (exact) mass is 456 g/mol. The first-order valence-corrected chi connectivity index (χ1v) is 11.7. The zero-order valence-electron chi connectivity index (χ0n) is 17.9. The van der Waals surface area contributed by atoms with Gasteiger partial charge in [-0.15, -0.1) is 5.10 Å². The first-order valence-electron chi connectivity index (χ1n) is 10.9. The van der Waals surface area contributed by atoms with Crippen LogP contribution >= 0.6 is 11.3 Å². The molecule has 2 aliphatic rings. The first-order chi connectivity index (χ1) is 15.5. The number of benzene rings is 1. The lowest BCUT2D eigenvalue weighted by Gasteiger charge is -2.36. The molecule has 0 saturated carbocycles. The van der Waals surface area contributed by atoms with E-state index in [0.717, 1.165) is 30.3 Å². The summed E-state index contributed by atoms with van der Waals surface area (Å²) in [6.07, 6.45) is 3.69. The van der Waals surface area contributed by atoms with Crippen molar-refractivity contribution in [2.24, 2.45) is 5.92 Å². The number of carbonyl (C=O) groups excluding carboxylic acids is 1. The molecular weight excluding hydrogens is 431 g/mol. The Hall–Kier alpha value is -3.01. The number of hydrogen-bond acceptors (Lipinski definition) is 7. The van der Waals surface area contributed by atoms with Gasteiger partial charge in [-0.3, -0.25) is 9.59 Å². The molecule has 1 amide bonds. The van der Waals surface area contributed by atoms with Crippen LogP contribution < -0.4 is 15.4 Å². The second-order valence-electron chi connectivity index (χ2n) is 8.51. The minimum atomic E-state index is -0.423. The smallest absolute Gasteiger partial charge is 0.288 e. The molecule has 2 saturated heterocycles. The van der Waals surface area contributed by atoms with Crippen LogP contribution in [0.15, 0.2) is 35.3 Å². The molecule has 0 radical (unpaired) electrons. The number of amides is 1. The topological polar surface area (TPSA) is 74.1 Å². The van der Waals surface area contributed by atoms with Crippen LogP contribution in [0.3, 0.4) is 0 Å². The van der Waals surface area contributed by atoms with Crippen molar-refractivity contribution in [3.63, 3.8) is 0 Å². The largest absolute Gasteiger partial charge is 0.368 e. The minimum Gasteiger partial charge on any atom is -0.368 e. The summed E-state index contributed by atoms with van der Waals surface area (Å²) >= 11 is 1.38. The van der Waals surface area contributed by atoms with Gasteiger partial charge in [0.05, 0.1) is 0 Å². The van der Waals surface area contributed by atoms with E-state index in [9.17, 15) is 14.0 Å². The molecule has 0 bridgehead atoms. The van der Waals surface area contributed by atoms with Crippen molar-refractivity contribution < 1.29 is 9.18 Å². The van der Waals surface area contributed by atoms with E-state index in [0.29, 0.717) is 37.1 Å². The highest BCUT2D eigenvalue weighted by Gasteiger charge is 2.26. The van der Waals surface area contributed by atoms with Crippen LogP contribution in [0.5, 0.6) is 0 Å². The standard InChI is InChI=1S/C22H25FN6O2S/c1-15-3-2-8-28(14-15)22-25-29-20(31)18(13-24-21(29)32-22)19(30)27-11-9-26(10-12-27)17-6-4-16(23)5-7-17/h4-7,13,15H,2-3,8-12,14H2,1H3/t15-/m1/s1. The van der Waals surface area contributed by atoms with E-state index in [4.69, 9.17) is 0 Å². The van der Waals surface area contributed by atoms with Crippen LogP contribution in [0, 0.1) is 11.7 Å². The van der Waals surface area contributed by atoms with Gasteiger partial charge in [0.25, 0.3) is 11.5 Å². The van der Waals surface area contributed by atoms with Crippen LogP contribution in [0.4, 0.5) is 15.2 Å². The van der Waals surface area contributed by atoms with Crippen molar-refractivity contribution in [3.8, 4) is 0 Å². The summed E-state index contributed by atoms with van der Waals surface area (Å²) < 4.78 is 14.4. The molecule has 2 fully saturated rings. The van der Waals surface area contributed by atoms with E-state index in [-0.39, 0.29) is 17.3 Å². The summed E-state index contributed by atoms with van der Waals surface area (Å²) in [6, 6.07) is 6.34. The normalized spacial score (nSPS) is 19.6. The first kappa shape index (κ1) is 20.9. The van der Waals surface area contributed by atoms with Gasteiger partial charge in [-0.25, -0.2) is 9.37 Å². The number of halogens is 1. The van der Waals surface area contributed by atoms with E-state index in [1.165, 1.54) is 40.6 Å². The highest BCUT2D eigenvalue weighted by molar-refractivity contribution is 7.20. The van der Waals surface area contributed by atoms with Gasteiger partial charge in [-0.2, -0.15) is 4.52 Å². The van der Waals surface area contributed by atoms with Crippen molar-refractivity contribution in [1.82, 2.24) is 19.5 Å². The maximum atomic E-state index is 13.2. The Balaban J connectivity index is 1.32. The van der Waals surface area contributed by atoms with Crippen LogP contribution in [-0.2, 0) is 0 Å². The highest BCUT2D eigenvalue weighted by Crippen LogP contribution is 2.26. The van der Waals surface area contributed by atoms with E-state index in [1.807, 2.05) is 0 Å². The van der Waals surface area contributed by atoms with Crippen LogP contribution in [0.1, 0.15) is 30.1 Å². The Morgan fingerprint density at radius 3 is 2.56 bits per heavy atom. The van der Waals surface area contributed by atoms with E-state index < -0.39 is 5.56 Å². The Morgan fingerprint density at radius 2 is 1.84 bits per heavy atom. The molecule has 1 atom stereocenters. The molecule has 8 nitrogen and oxygen atoms in total. The zero-order valence-corrected chi connectivity index (χ0v) is 18.7. The SMILES string of the molecule is C[C@@H]1CCCN(c2nn3c(=O)c(C(=O)N4CCN(c5ccc(F)cc5)CC4)cnc3s2)C1. The zero-order chi connectivity index (χ0) is 22.2.